The van der Waals surface area contributed by atoms with Crippen molar-refractivity contribution >= 4 is 21.6 Å². The van der Waals surface area contributed by atoms with Crippen LogP contribution in [-0.4, -0.2) is 90.1 Å². The first kappa shape index (κ1) is 27.9. The number of H-pyrrole nitrogens is 1. The highest BCUT2D eigenvalue weighted by molar-refractivity contribution is 7.17. The standard InChI is InChI=1S/C28H40N4O4S/c1-19(2)16-36-17-22(33)14-32(8-7-31-9-11-35-12-10-31)15-25-29-27(34)26-24(18-37-28(26)30-25)23-6-5-20(3)13-21(23)4/h5-6,13,18-19,22,33H,7-12,14-17H2,1-4H3,(H,29,30,34). The van der Waals surface area contributed by atoms with E-state index in [4.69, 9.17) is 14.5 Å². The van der Waals surface area contributed by atoms with Gasteiger partial charge < -0.3 is 19.6 Å². The maximum atomic E-state index is 13.2. The van der Waals surface area contributed by atoms with E-state index in [1.807, 2.05) is 5.38 Å². The van der Waals surface area contributed by atoms with E-state index in [1.165, 1.54) is 16.9 Å². The van der Waals surface area contributed by atoms with Crippen LogP contribution in [0.3, 0.4) is 0 Å². The van der Waals surface area contributed by atoms with Gasteiger partial charge in [-0.25, -0.2) is 4.98 Å². The number of benzene rings is 1. The molecule has 2 N–H and O–H groups in total. The van der Waals surface area contributed by atoms with Crippen LogP contribution in [0.1, 0.15) is 30.8 Å². The number of hydrogen-bond acceptors (Lipinski definition) is 8. The van der Waals surface area contributed by atoms with Gasteiger partial charge in [0.25, 0.3) is 5.56 Å². The molecule has 4 rings (SSSR count). The van der Waals surface area contributed by atoms with E-state index in [-0.39, 0.29) is 5.56 Å². The Labute approximate surface area is 223 Å². The minimum absolute atomic E-state index is 0.120. The van der Waals surface area contributed by atoms with Crippen molar-refractivity contribution in [3.05, 3.63) is 50.9 Å². The van der Waals surface area contributed by atoms with Crippen molar-refractivity contribution in [3.8, 4) is 11.1 Å². The van der Waals surface area contributed by atoms with Crippen LogP contribution in [0, 0.1) is 19.8 Å². The number of aliphatic hydroxyl groups excluding tert-OH is 1. The predicted molar refractivity (Wildman–Crippen MR) is 149 cm³/mol. The lowest BCUT2D eigenvalue weighted by Crippen LogP contribution is -2.43. The number of aromatic nitrogens is 2. The molecular formula is C28H40N4O4S. The van der Waals surface area contributed by atoms with E-state index in [2.05, 4.69) is 60.7 Å². The van der Waals surface area contributed by atoms with Crippen LogP contribution in [-0.2, 0) is 16.0 Å². The molecular weight excluding hydrogens is 488 g/mol. The Morgan fingerprint density at radius 2 is 2.00 bits per heavy atom. The normalized spacial score (nSPS) is 15.8. The smallest absolute Gasteiger partial charge is 0.260 e. The maximum absolute atomic E-state index is 13.2. The SMILES string of the molecule is Cc1ccc(-c2csc3nc(CN(CCN4CCOCC4)CC(O)COCC(C)C)[nH]c(=O)c23)c(C)c1. The fourth-order valence-electron chi connectivity index (χ4n) is 4.73. The molecule has 37 heavy (non-hydrogen) atoms. The zero-order valence-electron chi connectivity index (χ0n) is 22.5. The summed E-state index contributed by atoms with van der Waals surface area (Å²) in [6.45, 7) is 15.1. The second kappa shape index (κ2) is 13.1. The van der Waals surface area contributed by atoms with Crippen LogP contribution in [0.25, 0.3) is 21.3 Å². The summed E-state index contributed by atoms with van der Waals surface area (Å²) in [5, 5.41) is 13.3. The van der Waals surface area contributed by atoms with Crippen LogP contribution < -0.4 is 5.56 Å². The summed E-state index contributed by atoms with van der Waals surface area (Å²) in [5.41, 5.74) is 4.22. The van der Waals surface area contributed by atoms with Crippen molar-refractivity contribution in [1.82, 2.24) is 19.8 Å². The molecule has 8 nitrogen and oxygen atoms in total. The van der Waals surface area contributed by atoms with Gasteiger partial charge in [0.2, 0.25) is 0 Å². The third-order valence-corrected chi connectivity index (χ3v) is 7.48. The summed E-state index contributed by atoms with van der Waals surface area (Å²) in [4.78, 5) is 26.4. The highest BCUT2D eigenvalue weighted by atomic mass is 32.1. The summed E-state index contributed by atoms with van der Waals surface area (Å²) in [6, 6.07) is 6.29. The van der Waals surface area contributed by atoms with Crippen molar-refractivity contribution in [3.63, 3.8) is 0 Å². The molecule has 2 aromatic heterocycles. The van der Waals surface area contributed by atoms with Crippen LogP contribution in [0.4, 0.5) is 0 Å². The predicted octanol–water partition coefficient (Wildman–Crippen LogP) is 3.44. The number of aromatic amines is 1. The van der Waals surface area contributed by atoms with Gasteiger partial charge in [-0.05, 0) is 30.9 Å². The molecule has 1 aliphatic heterocycles. The zero-order chi connectivity index (χ0) is 26.4. The second-order valence-electron chi connectivity index (χ2n) is 10.4. The molecule has 0 spiro atoms. The lowest BCUT2D eigenvalue weighted by molar-refractivity contribution is 0.000565. The monoisotopic (exact) mass is 528 g/mol. The van der Waals surface area contributed by atoms with Gasteiger partial charge in [-0.2, -0.15) is 0 Å². The van der Waals surface area contributed by atoms with E-state index >= 15 is 0 Å². The topological polar surface area (TPSA) is 90.9 Å². The van der Waals surface area contributed by atoms with E-state index in [1.54, 1.807) is 0 Å². The van der Waals surface area contributed by atoms with Crippen LogP contribution in [0.2, 0.25) is 0 Å². The number of nitrogens with zero attached hydrogens (tertiary/aromatic N) is 3. The molecule has 3 aromatic rings. The molecule has 1 atom stereocenters. The Bertz CT molecular complexity index is 1220. The van der Waals surface area contributed by atoms with Crippen LogP contribution in [0.5, 0.6) is 0 Å². The molecule has 0 radical (unpaired) electrons. The molecule has 1 saturated heterocycles. The van der Waals surface area contributed by atoms with Crippen molar-refractivity contribution in [2.45, 2.75) is 40.3 Å². The van der Waals surface area contributed by atoms with E-state index in [9.17, 15) is 9.90 Å². The van der Waals surface area contributed by atoms with E-state index < -0.39 is 6.10 Å². The minimum atomic E-state index is -0.614. The lowest BCUT2D eigenvalue weighted by atomic mass is 9.99. The molecule has 0 amide bonds. The molecule has 0 bridgehead atoms. The zero-order valence-corrected chi connectivity index (χ0v) is 23.3. The van der Waals surface area contributed by atoms with Gasteiger partial charge in [0.15, 0.2) is 0 Å². The number of aryl methyl sites for hydroxylation is 2. The van der Waals surface area contributed by atoms with E-state index in [0.29, 0.717) is 43.4 Å². The first-order chi connectivity index (χ1) is 17.8. The van der Waals surface area contributed by atoms with Gasteiger partial charge in [-0.15, -0.1) is 11.3 Å². The number of fused-ring (bicyclic) bond motifs is 1. The molecule has 1 fully saturated rings. The Kier molecular flexibility index (Phi) is 9.86. The van der Waals surface area contributed by atoms with Gasteiger partial charge in [0, 0.05) is 50.3 Å². The molecule has 0 aliphatic carbocycles. The maximum Gasteiger partial charge on any atom is 0.260 e. The van der Waals surface area contributed by atoms with Gasteiger partial charge in [0.05, 0.1) is 37.9 Å². The molecule has 1 aromatic carbocycles. The Morgan fingerprint density at radius 1 is 1.22 bits per heavy atom. The first-order valence-corrected chi connectivity index (χ1v) is 14.0. The van der Waals surface area contributed by atoms with Crippen molar-refractivity contribution in [1.29, 1.82) is 0 Å². The van der Waals surface area contributed by atoms with Gasteiger partial charge in [-0.1, -0.05) is 37.6 Å². The molecule has 1 aliphatic rings. The molecule has 0 saturated carbocycles. The third kappa shape index (κ3) is 7.69. The van der Waals surface area contributed by atoms with Gasteiger partial charge >= 0.3 is 0 Å². The largest absolute Gasteiger partial charge is 0.389 e. The molecule has 3 heterocycles. The summed E-state index contributed by atoms with van der Waals surface area (Å²) in [7, 11) is 0. The number of rotatable bonds is 12. The Morgan fingerprint density at radius 3 is 2.73 bits per heavy atom. The van der Waals surface area contributed by atoms with Crippen molar-refractivity contribution < 1.29 is 14.6 Å². The molecule has 1 unspecified atom stereocenters. The summed E-state index contributed by atoms with van der Waals surface area (Å²) < 4.78 is 11.1. The number of nitrogens with one attached hydrogen (secondary N) is 1. The third-order valence-electron chi connectivity index (χ3n) is 6.60. The van der Waals surface area contributed by atoms with Crippen LogP contribution in [0.15, 0.2) is 28.4 Å². The average Bonchev–Trinajstić information content (AvgIpc) is 3.27. The fourth-order valence-corrected chi connectivity index (χ4v) is 5.68. The molecule has 9 heteroatoms. The summed E-state index contributed by atoms with van der Waals surface area (Å²) in [6.07, 6.45) is -0.614. The van der Waals surface area contributed by atoms with E-state index in [0.717, 1.165) is 60.9 Å². The van der Waals surface area contributed by atoms with Gasteiger partial charge in [0.1, 0.15) is 10.7 Å². The lowest BCUT2D eigenvalue weighted by Gasteiger charge is -2.30. The summed E-state index contributed by atoms with van der Waals surface area (Å²) >= 11 is 1.50. The number of thiophene rings is 1. The number of ether oxygens (including phenoxy) is 2. The Hall–Kier alpha value is -2.14. The fraction of sp³-hybridized carbons (Fsp3) is 0.571. The first-order valence-electron chi connectivity index (χ1n) is 13.2. The number of aliphatic hydroxyl groups is 1. The second-order valence-corrected chi connectivity index (χ2v) is 11.3. The van der Waals surface area contributed by atoms with Gasteiger partial charge in [-0.3, -0.25) is 14.6 Å². The number of hydrogen-bond donors (Lipinski definition) is 2. The van der Waals surface area contributed by atoms with Crippen molar-refractivity contribution in [2.24, 2.45) is 5.92 Å². The Balaban J connectivity index is 1.51. The molecule has 202 valence electrons. The van der Waals surface area contributed by atoms with Crippen molar-refractivity contribution in [2.75, 3.05) is 59.2 Å². The average molecular weight is 529 g/mol. The highest BCUT2D eigenvalue weighted by Gasteiger charge is 2.19. The quantitative estimate of drug-likeness (QED) is 0.372. The number of morpholine rings is 1. The summed E-state index contributed by atoms with van der Waals surface area (Å²) in [5.74, 6) is 1.04. The van der Waals surface area contributed by atoms with Crippen LogP contribution >= 0.6 is 11.3 Å². The minimum Gasteiger partial charge on any atom is -0.389 e. The highest BCUT2D eigenvalue weighted by Crippen LogP contribution is 2.33.